The fourth-order valence-corrected chi connectivity index (χ4v) is 12.2. The zero-order valence-electron chi connectivity index (χ0n) is 35.0. The highest BCUT2D eigenvalue weighted by Crippen LogP contribution is 2.58. The molecule has 7 rings (SSSR count). The summed E-state index contributed by atoms with van der Waals surface area (Å²) in [4.78, 5) is 28.6. The van der Waals surface area contributed by atoms with Gasteiger partial charge in [0, 0.05) is 24.7 Å². The number of ether oxygens (including phenoxy) is 2. The van der Waals surface area contributed by atoms with Crippen molar-refractivity contribution in [2.75, 3.05) is 65.6 Å². The lowest BCUT2D eigenvalue weighted by Gasteiger charge is -2.49. The van der Waals surface area contributed by atoms with E-state index in [2.05, 4.69) is 24.3 Å². The molecule has 6 nitrogen and oxygen atoms in total. The van der Waals surface area contributed by atoms with Crippen LogP contribution in [0, 0.1) is 23.7 Å². The second-order valence-electron chi connectivity index (χ2n) is 19.1. The third-order valence-corrected chi connectivity index (χ3v) is 15.5. The van der Waals surface area contributed by atoms with Crippen molar-refractivity contribution in [1.82, 2.24) is 0 Å². The first-order valence-electron chi connectivity index (χ1n) is 23.7. The van der Waals surface area contributed by atoms with Crippen molar-refractivity contribution in [3.8, 4) is 0 Å². The van der Waals surface area contributed by atoms with Crippen molar-refractivity contribution in [3.05, 3.63) is 71.8 Å². The monoisotopic (exact) mass is 769 g/mol. The molecule has 0 radical (unpaired) electrons. The van der Waals surface area contributed by atoms with Gasteiger partial charge in [-0.1, -0.05) is 125 Å². The Balaban J connectivity index is 0.979. The summed E-state index contributed by atoms with van der Waals surface area (Å²) < 4.78 is 14.9. The van der Waals surface area contributed by atoms with Crippen molar-refractivity contribution in [2.24, 2.45) is 23.7 Å². The molecule has 5 aliphatic rings. The first-order valence-corrected chi connectivity index (χ1v) is 23.7. The number of quaternary nitrogens is 2. The van der Waals surface area contributed by atoms with Gasteiger partial charge in [-0.3, -0.25) is 9.59 Å². The van der Waals surface area contributed by atoms with Crippen molar-refractivity contribution < 1.29 is 28.0 Å². The molecule has 3 aliphatic carbocycles. The van der Waals surface area contributed by atoms with Crippen molar-refractivity contribution in [3.63, 3.8) is 0 Å². The SMILES string of the molecule is O=C(OCCC[N+]1(CCC2CCCCC2)CCCCC1)C1C(c2ccccc2)C(C(=O)OCCC[N+]2(CCC3CCCCC3)CCCCC2)C1c1ccccc1. The minimum atomic E-state index is -0.413. The Morgan fingerprint density at radius 2 is 0.821 bits per heavy atom. The Labute approximate surface area is 340 Å². The smallest absolute Gasteiger partial charge is 0.310 e. The second-order valence-corrected chi connectivity index (χ2v) is 19.1. The number of esters is 2. The number of carbonyl (C=O) groups excluding carboxylic acids is 2. The minimum Gasteiger partial charge on any atom is -0.465 e. The number of likely N-dealkylation sites (tertiary alicyclic amines) is 2. The molecule has 2 heterocycles. The summed E-state index contributed by atoms with van der Waals surface area (Å²) in [6, 6.07) is 20.5. The number of hydrogen-bond donors (Lipinski definition) is 0. The van der Waals surface area contributed by atoms with Gasteiger partial charge in [-0.05, 0) is 74.3 Å². The molecule has 0 unspecified atom stereocenters. The van der Waals surface area contributed by atoms with Gasteiger partial charge in [0.1, 0.15) is 0 Å². The molecule has 5 fully saturated rings. The van der Waals surface area contributed by atoms with Gasteiger partial charge in [-0.15, -0.1) is 0 Å². The van der Waals surface area contributed by atoms with E-state index in [1.807, 2.05) is 36.4 Å². The Morgan fingerprint density at radius 3 is 1.20 bits per heavy atom. The van der Waals surface area contributed by atoms with E-state index < -0.39 is 11.8 Å². The summed E-state index contributed by atoms with van der Waals surface area (Å²) in [5, 5.41) is 0. The molecule has 56 heavy (non-hydrogen) atoms. The van der Waals surface area contributed by atoms with Gasteiger partial charge in [-0.2, -0.15) is 0 Å². The van der Waals surface area contributed by atoms with Crippen LogP contribution in [-0.2, 0) is 19.1 Å². The molecule has 3 saturated carbocycles. The van der Waals surface area contributed by atoms with E-state index in [1.165, 1.54) is 164 Å². The van der Waals surface area contributed by atoms with E-state index in [9.17, 15) is 9.59 Å². The van der Waals surface area contributed by atoms with Crippen LogP contribution in [0.25, 0.3) is 0 Å². The summed E-state index contributed by atoms with van der Waals surface area (Å²) in [5.74, 6) is 0.168. The summed E-state index contributed by atoms with van der Waals surface area (Å²) in [6.45, 7) is 10.8. The van der Waals surface area contributed by atoms with Gasteiger partial charge in [-0.25, -0.2) is 0 Å². The summed E-state index contributed by atoms with van der Waals surface area (Å²) in [6.07, 6.45) is 26.7. The lowest BCUT2D eigenvalue weighted by atomic mass is 9.52. The van der Waals surface area contributed by atoms with Gasteiger partial charge in [0.05, 0.1) is 77.4 Å². The Morgan fingerprint density at radius 1 is 0.464 bits per heavy atom. The number of hydrogen-bond acceptors (Lipinski definition) is 4. The predicted molar refractivity (Wildman–Crippen MR) is 226 cm³/mol. The zero-order chi connectivity index (χ0) is 38.5. The highest BCUT2D eigenvalue weighted by Gasteiger charge is 2.59. The van der Waals surface area contributed by atoms with Gasteiger partial charge < -0.3 is 18.4 Å². The number of piperidine rings is 2. The maximum absolute atomic E-state index is 14.3. The molecule has 0 aromatic heterocycles. The number of benzene rings is 2. The van der Waals surface area contributed by atoms with Crippen LogP contribution in [0.2, 0.25) is 0 Å². The maximum Gasteiger partial charge on any atom is 0.310 e. The minimum absolute atomic E-state index is 0.154. The van der Waals surface area contributed by atoms with Crippen molar-refractivity contribution >= 4 is 11.9 Å². The van der Waals surface area contributed by atoms with E-state index in [1.54, 1.807) is 0 Å². The highest BCUT2D eigenvalue weighted by atomic mass is 16.5. The molecule has 6 heteroatoms. The van der Waals surface area contributed by atoms with Crippen LogP contribution in [0.4, 0.5) is 0 Å². The van der Waals surface area contributed by atoms with E-state index >= 15 is 0 Å². The standard InChI is InChI=1S/C50H76N2O4/c53-49(55-39-19-35-51(31-15-5-16-32-51)37-29-41-21-7-1-8-22-41)47-45(43-25-11-3-12-26-43)48(46(47)44-27-13-4-14-28-44)50(54)56-40-20-36-52(33-17-6-18-34-52)38-30-42-23-9-2-10-24-42/h3-4,11-14,25-28,41-42,45-48H,1-2,5-10,15-24,29-40H2/q+2. The molecule has 2 aromatic rings. The lowest BCUT2D eigenvalue weighted by molar-refractivity contribution is -0.933. The van der Waals surface area contributed by atoms with Crippen LogP contribution >= 0.6 is 0 Å². The first kappa shape index (κ1) is 41.5. The largest absolute Gasteiger partial charge is 0.465 e. The zero-order valence-corrected chi connectivity index (χ0v) is 35.0. The molecule has 0 N–H and O–H groups in total. The van der Waals surface area contributed by atoms with Crippen LogP contribution < -0.4 is 0 Å². The average molecular weight is 769 g/mol. The van der Waals surface area contributed by atoms with E-state index in [0.717, 1.165) is 48.9 Å². The molecule has 2 aromatic carbocycles. The molecule has 2 aliphatic heterocycles. The van der Waals surface area contributed by atoms with Crippen LogP contribution in [0.3, 0.4) is 0 Å². The molecule has 0 atom stereocenters. The first-order chi connectivity index (χ1) is 27.5. The molecular formula is C50H76N2O4+2. The van der Waals surface area contributed by atoms with Crippen LogP contribution in [-0.4, -0.2) is 86.5 Å². The van der Waals surface area contributed by atoms with E-state index in [-0.39, 0.29) is 23.8 Å². The topological polar surface area (TPSA) is 52.6 Å². The summed E-state index contributed by atoms with van der Waals surface area (Å²) in [5.41, 5.74) is 2.06. The van der Waals surface area contributed by atoms with Crippen LogP contribution in [0.15, 0.2) is 60.7 Å². The number of rotatable bonds is 18. The van der Waals surface area contributed by atoms with Gasteiger partial charge >= 0.3 is 11.9 Å². The third-order valence-electron chi connectivity index (χ3n) is 15.5. The normalized spacial score (nSPS) is 26.9. The van der Waals surface area contributed by atoms with Crippen molar-refractivity contribution in [2.45, 2.75) is 140 Å². The number of nitrogens with zero attached hydrogens (tertiary/aromatic N) is 2. The Hall–Kier alpha value is -2.70. The van der Waals surface area contributed by atoms with Crippen LogP contribution in [0.1, 0.15) is 151 Å². The molecule has 308 valence electrons. The van der Waals surface area contributed by atoms with Crippen molar-refractivity contribution in [1.29, 1.82) is 0 Å². The second kappa shape index (κ2) is 20.8. The fraction of sp³-hybridized carbons (Fsp3) is 0.720. The fourth-order valence-electron chi connectivity index (χ4n) is 12.2. The Bertz CT molecular complexity index is 1340. The maximum atomic E-state index is 14.3. The third kappa shape index (κ3) is 10.9. The Kier molecular flexibility index (Phi) is 15.4. The molecule has 2 saturated heterocycles. The molecule has 0 spiro atoms. The van der Waals surface area contributed by atoms with E-state index in [4.69, 9.17) is 9.47 Å². The predicted octanol–water partition coefficient (Wildman–Crippen LogP) is 10.6. The molecule has 0 bridgehead atoms. The molecular weight excluding hydrogens is 693 g/mol. The quantitative estimate of drug-likeness (QED) is 0.0861. The summed E-state index contributed by atoms with van der Waals surface area (Å²) >= 11 is 0. The van der Waals surface area contributed by atoms with Crippen LogP contribution in [0.5, 0.6) is 0 Å². The lowest BCUT2D eigenvalue weighted by Crippen LogP contribution is -2.54. The van der Waals surface area contributed by atoms with E-state index in [0.29, 0.717) is 13.2 Å². The van der Waals surface area contributed by atoms with Gasteiger partial charge in [0.25, 0.3) is 0 Å². The number of carbonyl (C=O) groups is 2. The average Bonchev–Trinajstić information content (AvgIpc) is 3.24. The van der Waals surface area contributed by atoms with Gasteiger partial charge in [0.2, 0.25) is 0 Å². The van der Waals surface area contributed by atoms with Gasteiger partial charge in [0.15, 0.2) is 0 Å². The molecule has 0 amide bonds. The highest BCUT2D eigenvalue weighted by molar-refractivity contribution is 5.85. The summed E-state index contributed by atoms with van der Waals surface area (Å²) in [7, 11) is 0.